The first-order chi connectivity index (χ1) is 10.9. The molecule has 1 aromatic rings. The maximum absolute atomic E-state index is 13.2. The third-order valence-electron chi connectivity index (χ3n) is 3.16. The predicted octanol–water partition coefficient (Wildman–Crippen LogP) is 3.23. The molecule has 0 saturated carbocycles. The summed E-state index contributed by atoms with van der Waals surface area (Å²) in [5.74, 6) is -1.32. The smallest absolute Gasteiger partial charge is 0.326 e. The van der Waals surface area contributed by atoms with Crippen LogP contribution in [0, 0.1) is 5.82 Å². The van der Waals surface area contributed by atoms with Gasteiger partial charge in [0.05, 0.1) is 4.91 Å². The van der Waals surface area contributed by atoms with E-state index >= 15 is 0 Å². The van der Waals surface area contributed by atoms with Crippen molar-refractivity contribution in [2.24, 2.45) is 0 Å². The van der Waals surface area contributed by atoms with Crippen molar-refractivity contribution in [1.82, 2.24) is 4.90 Å². The minimum absolute atomic E-state index is 0.214. The fourth-order valence-corrected chi connectivity index (χ4v) is 3.90. The van der Waals surface area contributed by atoms with Crippen molar-refractivity contribution in [3.05, 3.63) is 40.6 Å². The van der Waals surface area contributed by atoms with Crippen molar-refractivity contribution >= 4 is 58.0 Å². The zero-order chi connectivity index (χ0) is 17.0. The van der Waals surface area contributed by atoms with Gasteiger partial charge in [0.25, 0.3) is 5.91 Å². The third kappa shape index (κ3) is 4.33. The van der Waals surface area contributed by atoms with Crippen LogP contribution in [0.1, 0.15) is 12.0 Å². The number of benzene rings is 1. The van der Waals surface area contributed by atoms with Crippen LogP contribution >= 0.6 is 35.7 Å². The largest absolute Gasteiger partial charge is 0.480 e. The number of carboxylic acids is 1. The molecule has 1 unspecified atom stereocenters. The summed E-state index contributed by atoms with van der Waals surface area (Å²) in [6.45, 7) is 0. The molecule has 1 fully saturated rings. The van der Waals surface area contributed by atoms with Crippen LogP contribution in [0.25, 0.3) is 6.08 Å². The summed E-state index contributed by atoms with van der Waals surface area (Å²) in [7, 11) is 0. The lowest BCUT2D eigenvalue weighted by Gasteiger charge is -2.22. The molecule has 2 rings (SSSR count). The van der Waals surface area contributed by atoms with Gasteiger partial charge in [0, 0.05) is 0 Å². The van der Waals surface area contributed by atoms with Gasteiger partial charge in [0.1, 0.15) is 16.2 Å². The van der Waals surface area contributed by atoms with Crippen LogP contribution in [0.15, 0.2) is 29.2 Å². The van der Waals surface area contributed by atoms with Crippen molar-refractivity contribution in [3.63, 3.8) is 0 Å². The summed E-state index contributed by atoms with van der Waals surface area (Å²) in [6, 6.07) is 4.84. The zero-order valence-electron chi connectivity index (χ0n) is 12.2. The fourth-order valence-electron chi connectivity index (χ4n) is 2.09. The second-order valence-electron chi connectivity index (χ2n) is 4.74. The number of carbonyl (C=O) groups is 2. The molecule has 1 aliphatic rings. The van der Waals surface area contributed by atoms with Crippen LogP contribution in [-0.4, -0.2) is 44.3 Å². The van der Waals surface area contributed by atoms with E-state index in [0.717, 1.165) is 16.7 Å². The Morgan fingerprint density at radius 2 is 2.30 bits per heavy atom. The molecule has 1 aromatic carbocycles. The van der Waals surface area contributed by atoms with Crippen molar-refractivity contribution in [1.29, 1.82) is 0 Å². The van der Waals surface area contributed by atoms with Gasteiger partial charge in [0.2, 0.25) is 0 Å². The van der Waals surface area contributed by atoms with Crippen molar-refractivity contribution in [3.8, 4) is 0 Å². The summed E-state index contributed by atoms with van der Waals surface area (Å²) in [4.78, 5) is 25.4. The van der Waals surface area contributed by atoms with Gasteiger partial charge >= 0.3 is 5.97 Å². The summed E-state index contributed by atoms with van der Waals surface area (Å²) >= 11 is 7.71. The van der Waals surface area contributed by atoms with Crippen LogP contribution in [0.5, 0.6) is 0 Å². The Balaban J connectivity index is 2.26. The summed E-state index contributed by atoms with van der Waals surface area (Å²) in [6.07, 6.45) is 3.71. The highest BCUT2D eigenvalue weighted by Gasteiger charge is 2.40. The van der Waals surface area contributed by atoms with Crippen LogP contribution in [0.3, 0.4) is 0 Å². The van der Waals surface area contributed by atoms with E-state index < -0.39 is 23.7 Å². The van der Waals surface area contributed by atoms with Gasteiger partial charge in [-0.2, -0.15) is 11.8 Å². The number of rotatable bonds is 6. The molecule has 1 saturated heterocycles. The maximum atomic E-state index is 13.2. The van der Waals surface area contributed by atoms with E-state index in [9.17, 15) is 19.1 Å². The molecular formula is C15H14FNO3S3. The van der Waals surface area contributed by atoms with Gasteiger partial charge in [0.15, 0.2) is 0 Å². The molecule has 1 atom stereocenters. The minimum Gasteiger partial charge on any atom is -0.480 e. The Bertz CT molecular complexity index is 678. The first-order valence-corrected chi connectivity index (χ1v) is 9.30. The number of carboxylic acid groups (broad SMARTS) is 1. The van der Waals surface area contributed by atoms with Gasteiger partial charge < -0.3 is 5.11 Å². The summed E-state index contributed by atoms with van der Waals surface area (Å²) < 4.78 is 13.4. The van der Waals surface area contributed by atoms with E-state index in [0.29, 0.717) is 22.6 Å². The van der Waals surface area contributed by atoms with Gasteiger partial charge in [-0.3, -0.25) is 9.69 Å². The Morgan fingerprint density at radius 3 is 2.91 bits per heavy atom. The summed E-state index contributed by atoms with van der Waals surface area (Å²) in [5, 5.41) is 9.37. The second-order valence-corrected chi connectivity index (χ2v) is 7.40. The molecule has 0 bridgehead atoms. The molecule has 8 heteroatoms. The highest BCUT2D eigenvalue weighted by Crippen LogP contribution is 2.34. The van der Waals surface area contributed by atoms with E-state index in [1.807, 2.05) is 6.26 Å². The Labute approximate surface area is 147 Å². The zero-order valence-corrected chi connectivity index (χ0v) is 14.6. The first kappa shape index (κ1) is 18.0. The first-order valence-electron chi connectivity index (χ1n) is 6.68. The number of hydrogen-bond acceptors (Lipinski definition) is 5. The Kier molecular flexibility index (Phi) is 6.20. The lowest BCUT2D eigenvalue weighted by atomic mass is 10.1. The molecule has 122 valence electrons. The lowest BCUT2D eigenvalue weighted by Crippen LogP contribution is -2.44. The van der Waals surface area contributed by atoms with Gasteiger partial charge in [-0.05, 0) is 42.2 Å². The SMILES string of the molecule is CSCCC(C(=O)O)N1C(=O)/C(=C/c2cccc(F)c2)SC1=S. The molecule has 4 nitrogen and oxygen atoms in total. The predicted molar refractivity (Wildman–Crippen MR) is 95.8 cm³/mol. The molecule has 0 spiro atoms. The average molecular weight is 371 g/mol. The molecule has 0 aliphatic carbocycles. The van der Waals surface area contributed by atoms with Gasteiger partial charge in [-0.1, -0.05) is 36.1 Å². The van der Waals surface area contributed by atoms with Crippen molar-refractivity contribution in [2.45, 2.75) is 12.5 Å². The van der Waals surface area contributed by atoms with E-state index in [1.54, 1.807) is 12.1 Å². The van der Waals surface area contributed by atoms with E-state index in [-0.39, 0.29) is 4.32 Å². The highest BCUT2D eigenvalue weighted by molar-refractivity contribution is 8.26. The van der Waals surface area contributed by atoms with E-state index in [1.165, 1.54) is 30.0 Å². The minimum atomic E-state index is -1.08. The molecule has 1 N–H and O–H groups in total. The molecular weight excluding hydrogens is 357 g/mol. The number of amides is 1. The molecule has 0 aromatic heterocycles. The topological polar surface area (TPSA) is 57.6 Å². The molecule has 1 amide bonds. The van der Waals surface area contributed by atoms with Crippen LogP contribution in [0.2, 0.25) is 0 Å². The quantitative estimate of drug-likeness (QED) is 0.612. The van der Waals surface area contributed by atoms with E-state index in [2.05, 4.69) is 0 Å². The summed E-state index contributed by atoms with van der Waals surface area (Å²) in [5.41, 5.74) is 0.529. The Hall–Kier alpha value is -1.38. The molecule has 1 heterocycles. The van der Waals surface area contributed by atoms with Gasteiger partial charge in [-0.15, -0.1) is 0 Å². The van der Waals surface area contributed by atoms with Gasteiger partial charge in [-0.25, -0.2) is 9.18 Å². The van der Waals surface area contributed by atoms with Crippen molar-refractivity contribution in [2.75, 3.05) is 12.0 Å². The lowest BCUT2D eigenvalue weighted by molar-refractivity contribution is -0.145. The number of nitrogens with zero attached hydrogens (tertiary/aromatic N) is 1. The third-order valence-corrected chi connectivity index (χ3v) is 5.14. The standard InChI is InChI=1S/C15H14FNO3S3/c1-22-6-5-11(14(19)20)17-13(18)12(23-15(17)21)8-9-3-2-4-10(16)7-9/h2-4,7-8,11H,5-6H2,1H3,(H,19,20)/b12-8-. The monoisotopic (exact) mass is 371 g/mol. The number of aliphatic carboxylic acids is 1. The number of thiocarbonyl (C=S) groups is 1. The van der Waals surface area contributed by atoms with Crippen molar-refractivity contribution < 1.29 is 19.1 Å². The number of halogens is 1. The molecule has 23 heavy (non-hydrogen) atoms. The number of thioether (sulfide) groups is 2. The van der Waals surface area contributed by atoms with Crippen LogP contribution in [-0.2, 0) is 9.59 Å². The number of hydrogen-bond donors (Lipinski definition) is 1. The fraction of sp³-hybridized carbons (Fsp3) is 0.267. The van der Waals surface area contributed by atoms with Crippen LogP contribution < -0.4 is 0 Å². The highest BCUT2D eigenvalue weighted by atomic mass is 32.2. The normalized spacial score (nSPS) is 17.8. The molecule has 1 aliphatic heterocycles. The van der Waals surface area contributed by atoms with E-state index in [4.69, 9.17) is 12.2 Å². The number of carbonyl (C=O) groups excluding carboxylic acids is 1. The average Bonchev–Trinajstić information content (AvgIpc) is 2.75. The van der Waals surface area contributed by atoms with Crippen LogP contribution in [0.4, 0.5) is 4.39 Å². The maximum Gasteiger partial charge on any atom is 0.326 e. The molecule has 0 radical (unpaired) electrons. The Morgan fingerprint density at radius 1 is 1.57 bits per heavy atom. The second kappa shape index (κ2) is 7.94.